The van der Waals surface area contributed by atoms with E-state index in [1.807, 2.05) is 7.05 Å². The molecule has 146 valence electrons. The number of aliphatic imine (C=N–C) groups is 1. The Kier molecular flexibility index (Phi) is 7.68. The van der Waals surface area contributed by atoms with E-state index in [2.05, 4.69) is 74.6 Å². The summed E-state index contributed by atoms with van der Waals surface area (Å²) in [7, 11) is 1.83. The number of nitrogens with one attached hydrogen (secondary N) is 2. The standard InChI is InChI=1S/C21H30N4OS/c1-17(19-8-13-27-16-19)14-23-21(22-2)24-15-20(18-6-4-3-5-7-18)25-9-11-26-12-10-25/h3-8,13,16-17,20H,9-12,14-15H2,1-2H3,(H2,22,23,24). The number of morpholine rings is 1. The van der Waals surface area contributed by atoms with Crippen LogP contribution in [-0.2, 0) is 4.74 Å². The predicted octanol–water partition coefficient (Wildman–Crippen LogP) is 3.09. The highest BCUT2D eigenvalue weighted by Crippen LogP contribution is 2.21. The Bertz CT molecular complexity index is 683. The Morgan fingerprint density at radius 2 is 1.85 bits per heavy atom. The topological polar surface area (TPSA) is 48.9 Å². The molecule has 2 N–H and O–H groups in total. The lowest BCUT2D eigenvalue weighted by atomic mass is 10.0. The van der Waals surface area contributed by atoms with Crippen LogP contribution < -0.4 is 10.6 Å². The number of thiophene rings is 1. The molecule has 1 aliphatic rings. The van der Waals surface area contributed by atoms with Gasteiger partial charge in [-0.25, -0.2) is 0 Å². The van der Waals surface area contributed by atoms with Gasteiger partial charge in [-0.2, -0.15) is 11.3 Å². The summed E-state index contributed by atoms with van der Waals surface area (Å²) in [6.45, 7) is 7.44. The van der Waals surface area contributed by atoms with Gasteiger partial charge in [0.05, 0.1) is 19.3 Å². The summed E-state index contributed by atoms with van der Waals surface area (Å²) in [6.07, 6.45) is 0. The van der Waals surface area contributed by atoms with Crippen LogP contribution in [0.1, 0.15) is 30.0 Å². The van der Waals surface area contributed by atoms with E-state index >= 15 is 0 Å². The van der Waals surface area contributed by atoms with Gasteiger partial charge in [0.2, 0.25) is 0 Å². The lowest BCUT2D eigenvalue weighted by Crippen LogP contribution is -2.46. The van der Waals surface area contributed by atoms with Crippen LogP contribution in [0.4, 0.5) is 0 Å². The highest BCUT2D eigenvalue weighted by atomic mass is 32.1. The number of hydrogen-bond donors (Lipinski definition) is 2. The van der Waals surface area contributed by atoms with Crippen LogP contribution in [0.2, 0.25) is 0 Å². The molecule has 2 atom stereocenters. The minimum absolute atomic E-state index is 0.308. The number of nitrogens with zero attached hydrogens (tertiary/aromatic N) is 2. The first-order valence-corrected chi connectivity index (χ1v) is 10.6. The first-order valence-electron chi connectivity index (χ1n) is 9.61. The lowest BCUT2D eigenvalue weighted by molar-refractivity contribution is 0.0170. The Labute approximate surface area is 166 Å². The molecule has 1 aromatic carbocycles. The van der Waals surface area contributed by atoms with Gasteiger partial charge in [-0.1, -0.05) is 37.3 Å². The second kappa shape index (κ2) is 10.4. The van der Waals surface area contributed by atoms with Gasteiger partial charge in [-0.05, 0) is 33.9 Å². The van der Waals surface area contributed by atoms with Crippen molar-refractivity contribution in [3.63, 3.8) is 0 Å². The molecule has 2 unspecified atom stereocenters. The summed E-state index contributed by atoms with van der Waals surface area (Å²) in [5, 5.41) is 11.3. The van der Waals surface area contributed by atoms with Crippen LogP contribution >= 0.6 is 11.3 Å². The second-order valence-electron chi connectivity index (χ2n) is 6.87. The average molecular weight is 387 g/mol. The Morgan fingerprint density at radius 1 is 1.11 bits per heavy atom. The molecular weight excluding hydrogens is 356 g/mol. The van der Waals surface area contributed by atoms with Crippen molar-refractivity contribution in [2.24, 2.45) is 4.99 Å². The van der Waals surface area contributed by atoms with E-state index < -0.39 is 0 Å². The number of hydrogen-bond acceptors (Lipinski definition) is 4. The molecule has 1 aliphatic heterocycles. The SMILES string of the molecule is CN=C(NCC(C)c1ccsc1)NCC(c1ccccc1)N1CCOCC1. The third-order valence-electron chi connectivity index (χ3n) is 5.05. The second-order valence-corrected chi connectivity index (χ2v) is 7.65. The maximum Gasteiger partial charge on any atom is 0.191 e. The van der Waals surface area contributed by atoms with Gasteiger partial charge >= 0.3 is 0 Å². The third-order valence-corrected chi connectivity index (χ3v) is 5.75. The molecule has 2 aromatic rings. The molecule has 0 spiro atoms. The van der Waals surface area contributed by atoms with Crippen LogP contribution in [0.3, 0.4) is 0 Å². The van der Waals surface area contributed by atoms with Crippen LogP contribution in [0.25, 0.3) is 0 Å². The summed E-state index contributed by atoms with van der Waals surface area (Å²) in [5.41, 5.74) is 2.70. The fourth-order valence-corrected chi connectivity index (χ4v) is 4.14. The largest absolute Gasteiger partial charge is 0.379 e. The van der Waals surface area contributed by atoms with Crippen molar-refractivity contribution in [3.05, 3.63) is 58.3 Å². The Balaban J connectivity index is 1.57. The summed E-state index contributed by atoms with van der Waals surface area (Å²) < 4.78 is 5.54. The molecule has 2 heterocycles. The normalized spacial score (nSPS) is 18.1. The molecule has 0 saturated carbocycles. The zero-order valence-corrected chi connectivity index (χ0v) is 17.0. The Hall–Kier alpha value is -1.89. The minimum Gasteiger partial charge on any atom is -0.379 e. The first-order chi connectivity index (χ1) is 13.3. The van der Waals surface area contributed by atoms with Gasteiger partial charge in [0.1, 0.15) is 0 Å². The van der Waals surface area contributed by atoms with Crippen LogP contribution in [0, 0.1) is 0 Å². The monoisotopic (exact) mass is 386 g/mol. The number of guanidine groups is 1. The minimum atomic E-state index is 0.308. The van der Waals surface area contributed by atoms with Crippen LogP contribution in [0.15, 0.2) is 52.2 Å². The van der Waals surface area contributed by atoms with Crippen molar-refractivity contribution < 1.29 is 4.74 Å². The van der Waals surface area contributed by atoms with Crippen LogP contribution in [0.5, 0.6) is 0 Å². The molecule has 0 amide bonds. The van der Waals surface area contributed by atoms with E-state index in [0.717, 1.165) is 45.4 Å². The van der Waals surface area contributed by atoms with Gasteiger partial charge in [-0.3, -0.25) is 9.89 Å². The zero-order valence-electron chi connectivity index (χ0n) is 16.2. The molecule has 0 aliphatic carbocycles. The predicted molar refractivity (Wildman–Crippen MR) is 114 cm³/mol. The quantitative estimate of drug-likeness (QED) is 0.567. The van der Waals surface area contributed by atoms with Gasteiger partial charge < -0.3 is 15.4 Å². The summed E-state index contributed by atoms with van der Waals surface area (Å²) in [6, 6.07) is 13.2. The van der Waals surface area contributed by atoms with E-state index in [-0.39, 0.29) is 0 Å². The van der Waals surface area contributed by atoms with Gasteiger partial charge in [0, 0.05) is 33.2 Å². The molecular formula is C21H30N4OS. The van der Waals surface area contributed by atoms with E-state index in [0.29, 0.717) is 12.0 Å². The molecule has 1 fully saturated rings. The lowest BCUT2D eigenvalue weighted by Gasteiger charge is -2.35. The first kappa shape index (κ1) is 19.9. The molecule has 0 bridgehead atoms. The van der Waals surface area contributed by atoms with Crippen molar-refractivity contribution >= 4 is 17.3 Å². The van der Waals surface area contributed by atoms with E-state index in [1.165, 1.54) is 11.1 Å². The number of rotatable bonds is 7. The highest BCUT2D eigenvalue weighted by Gasteiger charge is 2.22. The molecule has 6 heteroatoms. The smallest absolute Gasteiger partial charge is 0.191 e. The van der Waals surface area contributed by atoms with Crippen molar-refractivity contribution in [1.82, 2.24) is 15.5 Å². The molecule has 27 heavy (non-hydrogen) atoms. The molecule has 0 radical (unpaired) electrons. The molecule has 1 aromatic heterocycles. The van der Waals surface area contributed by atoms with E-state index in [9.17, 15) is 0 Å². The summed E-state index contributed by atoms with van der Waals surface area (Å²) >= 11 is 1.75. The highest BCUT2D eigenvalue weighted by molar-refractivity contribution is 7.07. The van der Waals surface area contributed by atoms with Crippen molar-refractivity contribution in [2.75, 3.05) is 46.4 Å². The maximum atomic E-state index is 5.54. The molecule has 3 rings (SSSR count). The summed E-state index contributed by atoms with van der Waals surface area (Å²) in [4.78, 5) is 6.90. The van der Waals surface area contributed by atoms with Gasteiger partial charge in [-0.15, -0.1) is 0 Å². The van der Waals surface area contributed by atoms with E-state index in [4.69, 9.17) is 4.74 Å². The zero-order chi connectivity index (χ0) is 18.9. The van der Waals surface area contributed by atoms with Crippen LogP contribution in [-0.4, -0.2) is 57.3 Å². The van der Waals surface area contributed by atoms with E-state index in [1.54, 1.807) is 11.3 Å². The fourth-order valence-electron chi connectivity index (χ4n) is 3.36. The summed E-state index contributed by atoms with van der Waals surface area (Å²) in [5.74, 6) is 1.31. The van der Waals surface area contributed by atoms with Crippen molar-refractivity contribution in [2.45, 2.75) is 18.9 Å². The third kappa shape index (κ3) is 5.79. The van der Waals surface area contributed by atoms with Gasteiger partial charge in [0.15, 0.2) is 5.96 Å². The number of benzene rings is 1. The maximum absolute atomic E-state index is 5.54. The molecule has 5 nitrogen and oxygen atoms in total. The number of ether oxygens (including phenoxy) is 1. The van der Waals surface area contributed by atoms with Crippen molar-refractivity contribution in [1.29, 1.82) is 0 Å². The molecule has 1 saturated heterocycles. The van der Waals surface area contributed by atoms with Gasteiger partial charge in [0.25, 0.3) is 0 Å². The van der Waals surface area contributed by atoms with Crippen molar-refractivity contribution in [3.8, 4) is 0 Å². The Morgan fingerprint density at radius 3 is 2.52 bits per heavy atom. The fraction of sp³-hybridized carbons (Fsp3) is 0.476. The average Bonchev–Trinajstić information content (AvgIpc) is 3.27.